The van der Waals surface area contributed by atoms with Crippen LogP contribution in [0.5, 0.6) is 5.75 Å². The number of benzene rings is 3. The van der Waals surface area contributed by atoms with Crippen molar-refractivity contribution in [3.8, 4) is 16.9 Å². The van der Waals surface area contributed by atoms with E-state index < -0.39 is 5.91 Å². The Morgan fingerprint density at radius 3 is 2.61 bits per heavy atom. The monoisotopic (exact) mass is 412 g/mol. The summed E-state index contributed by atoms with van der Waals surface area (Å²) >= 11 is 0. The Labute approximate surface area is 178 Å². The molecule has 7 nitrogen and oxygen atoms in total. The third kappa shape index (κ3) is 4.16. The van der Waals surface area contributed by atoms with Crippen LogP contribution in [0.3, 0.4) is 0 Å². The lowest BCUT2D eigenvalue weighted by Gasteiger charge is -2.09. The second-order valence-corrected chi connectivity index (χ2v) is 6.76. The van der Waals surface area contributed by atoms with E-state index in [0.717, 1.165) is 33.9 Å². The predicted octanol–water partition coefficient (Wildman–Crippen LogP) is 4.62. The molecular formula is C24H20N4O3. The number of rotatable bonds is 6. The van der Waals surface area contributed by atoms with Gasteiger partial charge in [-0.15, -0.1) is 0 Å². The van der Waals surface area contributed by atoms with Gasteiger partial charge in [-0.05, 0) is 53.6 Å². The largest absolute Gasteiger partial charge is 0.497 e. The molecule has 3 aromatic carbocycles. The number of ether oxygens (including phenoxy) is 1. The lowest BCUT2D eigenvalue weighted by atomic mass is 10.0. The second kappa shape index (κ2) is 8.54. The van der Waals surface area contributed by atoms with Gasteiger partial charge >= 0.3 is 0 Å². The Bertz CT molecular complexity index is 1290. The summed E-state index contributed by atoms with van der Waals surface area (Å²) in [5.74, 6) is 0.403. The Morgan fingerprint density at radius 1 is 1.00 bits per heavy atom. The van der Waals surface area contributed by atoms with Crippen LogP contribution >= 0.6 is 0 Å². The number of hydrogen-bond acceptors (Lipinski definition) is 4. The van der Waals surface area contributed by atoms with Gasteiger partial charge in [-0.3, -0.25) is 14.7 Å². The number of carbonyl (C=O) groups excluding carboxylic acids is 2. The molecule has 0 aliphatic carbocycles. The SMILES string of the molecule is C=CC(=O)Nc1ccccc1C(=O)Nc1n[nH]c2cc(-c3cccc(OC)c3)ccc12. The van der Waals surface area contributed by atoms with Gasteiger partial charge in [0.2, 0.25) is 5.91 Å². The van der Waals surface area contributed by atoms with Crippen LogP contribution < -0.4 is 15.4 Å². The molecule has 4 rings (SSSR count). The highest BCUT2D eigenvalue weighted by molar-refractivity contribution is 6.13. The van der Waals surface area contributed by atoms with Crippen molar-refractivity contribution >= 4 is 34.2 Å². The molecule has 0 aliphatic heterocycles. The molecule has 1 aromatic heterocycles. The van der Waals surface area contributed by atoms with Crippen molar-refractivity contribution in [2.24, 2.45) is 0 Å². The molecule has 1 heterocycles. The van der Waals surface area contributed by atoms with E-state index in [0.29, 0.717) is 17.1 Å². The van der Waals surface area contributed by atoms with Crippen LogP contribution in [-0.2, 0) is 4.79 Å². The fourth-order valence-corrected chi connectivity index (χ4v) is 3.25. The second-order valence-electron chi connectivity index (χ2n) is 6.76. The number of H-pyrrole nitrogens is 1. The molecule has 2 amide bonds. The van der Waals surface area contributed by atoms with Crippen molar-refractivity contribution in [2.75, 3.05) is 17.7 Å². The summed E-state index contributed by atoms with van der Waals surface area (Å²) in [4.78, 5) is 24.5. The lowest BCUT2D eigenvalue weighted by molar-refractivity contribution is -0.111. The van der Waals surface area contributed by atoms with E-state index in [-0.39, 0.29) is 5.91 Å². The first-order valence-electron chi connectivity index (χ1n) is 9.55. The molecule has 0 saturated carbocycles. The fraction of sp³-hybridized carbons (Fsp3) is 0.0417. The number of hydrogen-bond donors (Lipinski definition) is 3. The molecule has 0 fully saturated rings. The number of methoxy groups -OCH3 is 1. The topological polar surface area (TPSA) is 96.1 Å². The molecular weight excluding hydrogens is 392 g/mol. The Kier molecular flexibility index (Phi) is 5.49. The highest BCUT2D eigenvalue weighted by Crippen LogP contribution is 2.29. The van der Waals surface area contributed by atoms with Crippen LogP contribution in [0.15, 0.2) is 79.4 Å². The first kappa shape index (κ1) is 19.9. The zero-order chi connectivity index (χ0) is 21.8. The van der Waals surface area contributed by atoms with E-state index in [9.17, 15) is 9.59 Å². The average molecular weight is 412 g/mol. The van der Waals surface area contributed by atoms with E-state index in [1.54, 1.807) is 31.4 Å². The van der Waals surface area contributed by atoms with Gasteiger partial charge < -0.3 is 15.4 Å². The van der Waals surface area contributed by atoms with Gasteiger partial charge in [-0.25, -0.2) is 0 Å². The molecule has 3 N–H and O–H groups in total. The maximum Gasteiger partial charge on any atom is 0.258 e. The standard InChI is InChI=1S/C24H20N4O3/c1-3-22(29)25-20-10-5-4-9-19(20)24(30)26-23-18-12-11-16(14-21(18)27-28-23)15-7-6-8-17(13-15)31-2/h3-14H,1H2,2H3,(H,25,29)(H2,26,27,28,30). The molecule has 0 bridgehead atoms. The first-order chi connectivity index (χ1) is 15.1. The minimum Gasteiger partial charge on any atom is -0.497 e. The number of nitrogens with zero attached hydrogens (tertiary/aromatic N) is 1. The average Bonchev–Trinajstić information content (AvgIpc) is 3.21. The maximum absolute atomic E-state index is 12.8. The molecule has 0 spiro atoms. The van der Waals surface area contributed by atoms with Gasteiger partial charge in [-0.1, -0.05) is 36.9 Å². The number of amides is 2. The van der Waals surface area contributed by atoms with Gasteiger partial charge in [0.15, 0.2) is 5.82 Å². The summed E-state index contributed by atoms with van der Waals surface area (Å²) in [5, 5.41) is 13.4. The minimum absolute atomic E-state index is 0.321. The first-order valence-corrected chi connectivity index (χ1v) is 9.55. The van der Waals surface area contributed by atoms with Crippen molar-refractivity contribution in [2.45, 2.75) is 0 Å². The third-order valence-corrected chi connectivity index (χ3v) is 4.81. The van der Waals surface area contributed by atoms with Crippen LogP contribution in [0.25, 0.3) is 22.0 Å². The zero-order valence-electron chi connectivity index (χ0n) is 16.8. The number of aromatic nitrogens is 2. The van der Waals surface area contributed by atoms with E-state index >= 15 is 0 Å². The van der Waals surface area contributed by atoms with E-state index in [4.69, 9.17) is 4.74 Å². The van der Waals surface area contributed by atoms with Crippen molar-refractivity contribution in [3.63, 3.8) is 0 Å². The highest BCUT2D eigenvalue weighted by atomic mass is 16.5. The van der Waals surface area contributed by atoms with E-state index in [2.05, 4.69) is 27.4 Å². The molecule has 154 valence electrons. The number of anilines is 2. The number of nitrogens with one attached hydrogen (secondary N) is 3. The zero-order valence-corrected chi connectivity index (χ0v) is 16.8. The van der Waals surface area contributed by atoms with Crippen LogP contribution in [0.4, 0.5) is 11.5 Å². The lowest BCUT2D eigenvalue weighted by Crippen LogP contribution is -2.17. The molecule has 4 aromatic rings. The molecule has 0 radical (unpaired) electrons. The molecule has 31 heavy (non-hydrogen) atoms. The van der Waals surface area contributed by atoms with Crippen molar-refractivity contribution in [3.05, 3.63) is 84.9 Å². The Morgan fingerprint density at radius 2 is 1.81 bits per heavy atom. The van der Waals surface area contributed by atoms with Crippen LogP contribution in [-0.4, -0.2) is 29.1 Å². The van der Waals surface area contributed by atoms with Gasteiger partial charge in [0, 0.05) is 5.39 Å². The number of para-hydroxylation sites is 1. The van der Waals surface area contributed by atoms with Gasteiger partial charge in [-0.2, -0.15) is 5.10 Å². The number of carbonyl (C=O) groups is 2. The predicted molar refractivity (Wildman–Crippen MR) is 121 cm³/mol. The molecule has 0 aliphatic rings. The van der Waals surface area contributed by atoms with Gasteiger partial charge in [0.25, 0.3) is 5.91 Å². The van der Waals surface area contributed by atoms with Gasteiger partial charge in [0.05, 0.1) is 23.9 Å². The highest BCUT2D eigenvalue weighted by Gasteiger charge is 2.15. The van der Waals surface area contributed by atoms with Crippen molar-refractivity contribution in [1.29, 1.82) is 0 Å². The van der Waals surface area contributed by atoms with Crippen LogP contribution in [0.2, 0.25) is 0 Å². The maximum atomic E-state index is 12.8. The minimum atomic E-state index is -0.393. The Balaban J connectivity index is 1.61. The summed E-state index contributed by atoms with van der Waals surface area (Å²) in [5.41, 5.74) is 3.49. The number of aromatic amines is 1. The normalized spacial score (nSPS) is 10.5. The van der Waals surface area contributed by atoms with Crippen molar-refractivity contribution < 1.29 is 14.3 Å². The summed E-state index contributed by atoms with van der Waals surface area (Å²) in [7, 11) is 1.63. The van der Waals surface area contributed by atoms with E-state index in [1.165, 1.54) is 0 Å². The molecule has 0 unspecified atom stereocenters. The van der Waals surface area contributed by atoms with Gasteiger partial charge in [0.1, 0.15) is 5.75 Å². The smallest absolute Gasteiger partial charge is 0.258 e. The fourth-order valence-electron chi connectivity index (χ4n) is 3.25. The summed E-state index contributed by atoms with van der Waals surface area (Å²) in [6.07, 6.45) is 1.15. The summed E-state index contributed by atoms with van der Waals surface area (Å²) in [6, 6.07) is 20.3. The molecule has 7 heteroatoms. The molecule has 0 saturated heterocycles. The molecule has 0 atom stereocenters. The van der Waals surface area contributed by atoms with Crippen LogP contribution in [0, 0.1) is 0 Å². The van der Waals surface area contributed by atoms with E-state index in [1.807, 2.05) is 42.5 Å². The van der Waals surface area contributed by atoms with Crippen LogP contribution in [0.1, 0.15) is 10.4 Å². The van der Waals surface area contributed by atoms with Crippen molar-refractivity contribution in [1.82, 2.24) is 10.2 Å². The quantitative estimate of drug-likeness (QED) is 0.403. The Hall–Kier alpha value is -4.39. The summed E-state index contributed by atoms with van der Waals surface area (Å²) in [6.45, 7) is 3.43. The third-order valence-electron chi connectivity index (χ3n) is 4.81. The number of fused-ring (bicyclic) bond motifs is 1. The summed E-state index contributed by atoms with van der Waals surface area (Å²) < 4.78 is 5.30.